The molecule has 0 unspecified atom stereocenters. The Labute approximate surface area is 154 Å². The molecule has 1 aromatic carbocycles. The number of carbonyl (C=O) groups excluding carboxylic acids is 1. The zero-order valence-corrected chi connectivity index (χ0v) is 15.1. The van der Waals surface area contributed by atoms with Gasteiger partial charge in [-0.3, -0.25) is 9.78 Å². The van der Waals surface area contributed by atoms with E-state index in [2.05, 4.69) is 22.1 Å². The quantitative estimate of drug-likeness (QED) is 0.629. The lowest BCUT2D eigenvalue weighted by atomic mass is 10.1. The van der Waals surface area contributed by atoms with Gasteiger partial charge < -0.3 is 9.47 Å². The zero-order valence-electron chi connectivity index (χ0n) is 15.1. The van der Waals surface area contributed by atoms with Crippen molar-refractivity contribution < 1.29 is 4.79 Å². The van der Waals surface area contributed by atoms with E-state index >= 15 is 0 Å². The molecule has 0 spiro atoms. The highest BCUT2D eigenvalue weighted by Gasteiger charge is 2.16. The second-order valence-electron chi connectivity index (χ2n) is 6.37. The Morgan fingerprint density at radius 2 is 1.85 bits per heavy atom. The maximum Gasteiger partial charge on any atom is 0.223 e. The first-order valence-corrected chi connectivity index (χ1v) is 8.89. The van der Waals surface area contributed by atoms with Crippen molar-refractivity contribution in [3.8, 4) is 0 Å². The molecule has 0 saturated heterocycles. The molecule has 0 atom stereocenters. The minimum atomic E-state index is 0.146. The third-order valence-electron chi connectivity index (χ3n) is 4.47. The van der Waals surface area contributed by atoms with E-state index < -0.39 is 0 Å². The summed E-state index contributed by atoms with van der Waals surface area (Å²) in [6.45, 7) is 1.21. The molecule has 3 aromatic rings. The molecule has 3 rings (SSSR count). The van der Waals surface area contributed by atoms with E-state index in [1.807, 2.05) is 59.2 Å². The van der Waals surface area contributed by atoms with Crippen molar-refractivity contribution in [3.63, 3.8) is 0 Å². The van der Waals surface area contributed by atoms with Gasteiger partial charge in [0.2, 0.25) is 5.91 Å². The van der Waals surface area contributed by atoms with Crippen LogP contribution in [0.25, 0.3) is 0 Å². The number of hydrogen-bond acceptors (Lipinski definition) is 3. The SMILES string of the molecule is Cn1ccnc1CN(CCc1ccccc1)C(=O)CCc1cccnc1. The third-order valence-corrected chi connectivity index (χ3v) is 4.47. The Balaban J connectivity index is 1.64. The second kappa shape index (κ2) is 8.94. The van der Waals surface area contributed by atoms with Crippen molar-refractivity contribution in [2.24, 2.45) is 7.05 Å². The van der Waals surface area contributed by atoms with Gasteiger partial charge in [-0.25, -0.2) is 4.98 Å². The first-order valence-electron chi connectivity index (χ1n) is 8.89. The number of rotatable bonds is 8. The highest BCUT2D eigenvalue weighted by Crippen LogP contribution is 2.10. The molecule has 2 heterocycles. The summed E-state index contributed by atoms with van der Waals surface area (Å²) in [6.07, 6.45) is 9.26. The van der Waals surface area contributed by atoms with Gasteiger partial charge in [-0.05, 0) is 30.0 Å². The molecule has 0 bridgehead atoms. The topological polar surface area (TPSA) is 51.0 Å². The summed E-state index contributed by atoms with van der Waals surface area (Å²) < 4.78 is 1.96. The van der Waals surface area contributed by atoms with Crippen LogP contribution in [0.3, 0.4) is 0 Å². The summed E-state index contributed by atoms with van der Waals surface area (Å²) in [6, 6.07) is 14.2. The van der Waals surface area contributed by atoms with E-state index in [0.29, 0.717) is 25.9 Å². The van der Waals surface area contributed by atoms with Crippen LogP contribution in [-0.4, -0.2) is 31.9 Å². The summed E-state index contributed by atoms with van der Waals surface area (Å²) in [5.41, 5.74) is 2.32. The van der Waals surface area contributed by atoms with Gasteiger partial charge >= 0.3 is 0 Å². The first kappa shape index (κ1) is 17.9. The summed E-state index contributed by atoms with van der Waals surface area (Å²) in [5.74, 6) is 1.04. The minimum Gasteiger partial charge on any atom is -0.337 e. The summed E-state index contributed by atoms with van der Waals surface area (Å²) >= 11 is 0. The summed E-state index contributed by atoms with van der Waals surface area (Å²) in [5, 5.41) is 0. The van der Waals surface area contributed by atoms with Crippen LogP contribution >= 0.6 is 0 Å². The fraction of sp³-hybridized carbons (Fsp3) is 0.286. The zero-order chi connectivity index (χ0) is 18.2. The number of benzene rings is 1. The lowest BCUT2D eigenvalue weighted by Crippen LogP contribution is -2.33. The van der Waals surface area contributed by atoms with Crippen LogP contribution in [0.1, 0.15) is 23.4 Å². The predicted molar refractivity (Wildman–Crippen MR) is 101 cm³/mol. The molecule has 134 valence electrons. The Kier molecular flexibility index (Phi) is 6.14. The molecule has 0 aliphatic carbocycles. The molecule has 5 heteroatoms. The monoisotopic (exact) mass is 348 g/mol. The maximum atomic E-state index is 12.8. The van der Waals surface area contributed by atoms with Crippen LogP contribution in [0.4, 0.5) is 0 Å². The summed E-state index contributed by atoms with van der Waals surface area (Å²) in [4.78, 5) is 23.2. The second-order valence-corrected chi connectivity index (χ2v) is 6.37. The van der Waals surface area contributed by atoms with E-state index in [4.69, 9.17) is 0 Å². The number of amides is 1. The molecule has 0 fully saturated rings. The number of pyridine rings is 1. The number of aryl methyl sites for hydroxylation is 2. The van der Waals surface area contributed by atoms with Crippen LogP contribution in [0.15, 0.2) is 67.3 Å². The van der Waals surface area contributed by atoms with Crippen molar-refractivity contribution in [3.05, 3.63) is 84.2 Å². The number of carbonyl (C=O) groups is 1. The summed E-state index contributed by atoms with van der Waals surface area (Å²) in [7, 11) is 1.96. The van der Waals surface area contributed by atoms with Gasteiger partial charge in [0.1, 0.15) is 5.82 Å². The molecule has 0 aliphatic rings. The molecule has 26 heavy (non-hydrogen) atoms. The standard InChI is InChI=1S/C21H24N4O/c1-24-15-13-23-20(24)17-25(14-11-18-6-3-2-4-7-18)21(26)10-9-19-8-5-12-22-16-19/h2-8,12-13,15-16H,9-11,14,17H2,1H3. The number of aromatic nitrogens is 3. The molecule has 0 N–H and O–H groups in total. The Bertz CT molecular complexity index is 814. The Morgan fingerprint density at radius 1 is 1.04 bits per heavy atom. The molecule has 0 saturated carbocycles. The van der Waals surface area contributed by atoms with Gasteiger partial charge in [-0.1, -0.05) is 36.4 Å². The van der Waals surface area contributed by atoms with Gasteiger partial charge in [-0.2, -0.15) is 0 Å². The van der Waals surface area contributed by atoms with Crippen LogP contribution in [0.2, 0.25) is 0 Å². The number of nitrogens with zero attached hydrogens (tertiary/aromatic N) is 4. The van der Waals surface area contributed by atoms with E-state index in [0.717, 1.165) is 17.8 Å². The third kappa shape index (κ3) is 5.02. The van der Waals surface area contributed by atoms with E-state index in [9.17, 15) is 4.79 Å². The highest BCUT2D eigenvalue weighted by atomic mass is 16.2. The lowest BCUT2D eigenvalue weighted by molar-refractivity contribution is -0.131. The highest BCUT2D eigenvalue weighted by molar-refractivity contribution is 5.76. The normalized spacial score (nSPS) is 10.7. The fourth-order valence-electron chi connectivity index (χ4n) is 2.88. The van der Waals surface area contributed by atoms with E-state index in [1.165, 1.54) is 5.56 Å². The Hall–Kier alpha value is -2.95. The molecule has 0 aliphatic heterocycles. The molecular formula is C21H24N4O. The largest absolute Gasteiger partial charge is 0.337 e. The van der Waals surface area contributed by atoms with Gasteiger partial charge in [0.25, 0.3) is 0 Å². The molecule has 5 nitrogen and oxygen atoms in total. The maximum absolute atomic E-state index is 12.8. The average Bonchev–Trinajstić information content (AvgIpc) is 3.09. The fourth-order valence-corrected chi connectivity index (χ4v) is 2.88. The van der Waals surface area contributed by atoms with Crippen molar-refractivity contribution in [1.82, 2.24) is 19.4 Å². The first-order chi connectivity index (χ1) is 12.7. The van der Waals surface area contributed by atoms with Crippen LogP contribution in [0.5, 0.6) is 0 Å². The van der Waals surface area contributed by atoms with Crippen molar-refractivity contribution >= 4 is 5.91 Å². The van der Waals surface area contributed by atoms with Crippen molar-refractivity contribution in [2.75, 3.05) is 6.54 Å². The molecule has 2 aromatic heterocycles. The average molecular weight is 348 g/mol. The van der Waals surface area contributed by atoms with Gasteiger partial charge in [0.05, 0.1) is 6.54 Å². The lowest BCUT2D eigenvalue weighted by Gasteiger charge is -2.23. The van der Waals surface area contributed by atoms with Gasteiger partial charge in [-0.15, -0.1) is 0 Å². The van der Waals surface area contributed by atoms with Gasteiger partial charge in [0, 0.05) is 44.8 Å². The molecule has 0 radical (unpaired) electrons. The smallest absolute Gasteiger partial charge is 0.223 e. The van der Waals surface area contributed by atoms with Crippen molar-refractivity contribution in [2.45, 2.75) is 25.8 Å². The number of imidazole rings is 1. The predicted octanol–water partition coefficient (Wildman–Crippen LogP) is 3.02. The Morgan fingerprint density at radius 3 is 2.54 bits per heavy atom. The van der Waals surface area contributed by atoms with Crippen LogP contribution in [-0.2, 0) is 31.2 Å². The number of hydrogen-bond donors (Lipinski definition) is 0. The van der Waals surface area contributed by atoms with E-state index in [-0.39, 0.29) is 5.91 Å². The van der Waals surface area contributed by atoms with Gasteiger partial charge in [0.15, 0.2) is 0 Å². The molecular weight excluding hydrogens is 324 g/mol. The van der Waals surface area contributed by atoms with Crippen LogP contribution < -0.4 is 0 Å². The van der Waals surface area contributed by atoms with E-state index in [1.54, 1.807) is 12.4 Å². The molecule has 1 amide bonds. The minimum absolute atomic E-state index is 0.146. The van der Waals surface area contributed by atoms with Crippen molar-refractivity contribution in [1.29, 1.82) is 0 Å². The van der Waals surface area contributed by atoms with Crippen LogP contribution in [0, 0.1) is 0 Å².